The molecule has 1 heterocycles. The van der Waals surface area contributed by atoms with Crippen molar-refractivity contribution in [2.45, 2.75) is 25.8 Å². The lowest BCUT2D eigenvalue weighted by atomic mass is 10.3. The van der Waals surface area contributed by atoms with Gasteiger partial charge in [0.05, 0.1) is 6.61 Å². The Morgan fingerprint density at radius 3 is 2.89 bits per heavy atom. The predicted molar refractivity (Wildman–Crippen MR) is 73.9 cm³/mol. The van der Waals surface area contributed by atoms with Crippen LogP contribution in [0.3, 0.4) is 0 Å². The van der Waals surface area contributed by atoms with Gasteiger partial charge in [-0.3, -0.25) is 4.79 Å². The normalized spacial score (nSPS) is 14.8. The summed E-state index contributed by atoms with van der Waals surface area (Å²) in [6.07, 6.45) is 4.35. The quantitative estimate of drug-likeness (QED) is 0.809. The van der Waals surface area contributed by atoms with Crippen LogP contribution in [0.25, 0.3) is 0 Å². The van der Waals surface area contributed by atoms with Crippen LogP contribution in [0.1, 0.15) is 36.3 Å². The van der Waals surface area contributed by atoms with E-state index in [0.29, 0.717) is 25.7 Å². The molecule has 0 bridgehead atoms. The van der Waals surface area contributed by atoms with Crippen LogP contribution < -0.4 is 0 Å². The Balaban J connectivity index is 2.15. The summed E-state index contributed by atoms with van der Waals surface area (Å²) in [5.41, 5.74) is 0.780. The predicted octanol–water partition coefficient (Wildman–Crippen LogP) is 2.69. The van der Waals surface area contributed by atoms with E-state index in [9.17, 15) is 4.79 Å². The van der Waals surface area contributed by atoms with Crippen LogP contribution >= 0.6 is 15.9 Å². The number of nitrogens with zero attached hydrogens (tertiary/aromatic N) is 2. The molecule has 4 nitrogen and oxygen atoms in total. The van der Waals surface area contributed by atoms with Gasteiger partial charge in [0.15, 0.2) is 0 Å². The van der Waals surface area contributed by atoms with E-state index in [2.05, 4.69) is 20.5 Å². The van der Waals surface area contributed by atoms with E-state index < -0.39 is 0 Å². The van der Waals surface area contributed by atoms with Gasteiger partial charge >= 0.3 is 0 Å². The second kappa shape index (κ2) is 5.89. The van der Waals surface area contributed by atoms with Gasteiger partial charge in [0.25, 0.3) is 5.91 Å². The molecule has 2 rings (SSSR count). The molecule has 0 unspecified atom stereocenters. The minimum Gasteiger partial charge on any atom is -0.383 e. The molecule has 1 fully saturated rings. The highest BCUT2D eigenvalue weighted by Gasteiger charge is 2.29. The van der Waals surface area contributed by atoms with Crippen LogP contribution in [-0.4, -0.2) is 42.2 Å². The topological polar surface area (TPSA) is 34.5 Å². The minimum absolute atomic E-state index is 0.0900. The highest BCUT2D eigenvalue weighted by atomic mass is 79.9. The molecule has 1 aliphatic carbocycles. The lowest BCUT2D eigenvalue weighted by molar-refractivity contribution is 0.0695. The van der Waals surface area contributed by atoms with E-state index in [1.165, 1.54) is 12.8 Å². The van der Waals surface area contributed by atoms with Gasteiger partial charge in [0.1, 0.15) is 5.69 Å². The van der Waals surface area contributed by atoms with E-state index in [1.54, 1.807) is 7.11 Å². The monoisotopic (exact) mass is 314 g/mol. The Kier molecular flexibility index (Phi) is 4.45. The van der Waals surface area contributed by atoms with Gasteiger partial charge in [-0.1, -0.05) is 0 Å². The lowest BCUT2D eigenvalue weighted by Crippen LogP contribution is -2.34. The summed E-state index contributed by atoms with van der Waals surface area (Å²) in [6, 6.07) is 2.42. The van der Waals surface area contributed by atoms with E-state index in [0.717, 1.165) is 10.2 Å². The van der Waals surface area contributed by atoms with Crippen LogP contribution in [0.4, 0.5) is 0 Å². The fourth-order valence-electron chi connectivity index (χ4n) is 2.04. The number of rotatable bonds is 6. The summed E-state index contributed by atoms with van der Waals surface area (Å²) in [7, 11) is 1.65. The third-order valence-electron chi connectivity index (χ3n) is 3.21. The SMILES string of the molecule is CCN(CCOC)C(=O)c1cc(Br)cn1C1CC1. The van der Waals surface area contributed by atoms with Crippen molar-refractivity contribution in [1.29, 1.82) is 0 Å². The number of ether oxygens (including phenoxy) is 1. The second-order valence-electron chi connectivity index (χ2n) is 4.56. The number of likely N-dealkylation sites (N-methyl/N-ethyl adjacent to an activating group) is 1. The molecule has 0 aliphatic heterocycles. The van der Waals surface area contributed by atoms with Crippen LogP contribution in [0.5, 0.6) is 0 Å². The van der Waals surface area contributed by atoms with E-state index in [1.807, 2.05) is 24.1 Å². The van der Waals surface area contributed by atoms with Crippen molar-refractivity contribution in [2.75, 3.05) is 26.8 Å². The number of aromatic nitrogens is 1. The number of amides is 1. The van der Waals surface area contributed by atoms with Crippen molar-refractivity contribution >= 4 is 21.8 Å². The molecule has 0 N–H and O–H groups in total. The standard InChI is InChI=1S/C13H19BrN2O2/c1-3-15(6-7-18-2)13(17)12-8-10(14)9-16(12)11-4-5-11/h8-9,11H,3-7H2,1-2H3. The van der Waals surface area contributed by atoms with Crippen LogP contribution in [-0.2, 0) is 4.74 Å². The van der Waals surface area contributed by atoms with Crippen LogP contribution in [0.2, 0.25) is 0 Å². The van der Waals surface area contributed by atoms with E-state index in [-0.39, 0.29) is 5.91 Å². The molecule has 1 aromatic heterocycles. The van der Waals surface area contributed by atoms with Crippen LogP contribution in [0.15, 0.2) is 16.7 Å². The average molecular weight is 315 g/mol. The maximum atomic E-state index is 12.5. The van der Waals surface area contributed by atoms with Crippen molar-refractivity contribution in [3.63, 3.8) is 0 Å². The zero-order chi connectivity index (χ0) is 13.1. The molecular formula is C13H19BrN2O2. The number of carbonyl (C=O) groups is 1. The minimum atomic E-state index is 0.0900. The Morgan fingerprint density at radius 1 is 1.61 bits per heavy atom. The molecule has 0 radical (unpaired) electrons. The average Bonchev–Trinajstić information content (AvgIpc) is 3.13. The van der Waals surface area contributed by atoms with Gasteiger partial charge < -0.3 is 14.2 Å². The Bertz CT molecular complexity index is 427. The van der Waals surface area contributed by atoms with E-state index >= 15 is 0 Å². The number of hydrogen-bond donors (Lipinski definition) is 0. The Hall–Kier alpha value is -0.810. The lowest BCUT2D eigenvalue weighted by Gasteiger charge is -2.21. The van der Waals surface area contributed by atoms with Gasteiger partial charge in [0, 0.05) is 36.9 Å². The fourth-order valence-corrected chi connectivity index (χ4v) is 2.48. The van der Waals surface area contributed by atoms with Gasteiger partial charge in [0.2, 0.25) is 0 Å². The maximum absolute atomic E-state index is 12.5. The molecule has 1 amide bonds. The molecule has 0 aromatic carbocycles. The summed E-state index contributed by atoms with van der Waals surface area (Å²) in [5.74, 6) is 0.0900. The first-order chi connectivity index (χ1) is 8.67. The first-order valence-electron chi connectivity index (χ1n) is 6.33. The molecule has 1 aliphatic rings. The molecular weight excluding hydrogens is 296 g/mol. The summed E-state index contributed by atoms with van der Waals surface area (Å²) in [4.78, 5) is 14.3. The van der Waals surface area contributed by atoms with Gasteiger partial charge in [-0.05, 0) is 41.8 Å². The summed E-state index contributed by atoms with van der Waals surface area (Å²) in [6.45, 7) is 3.91. The third kappa shape index (κ3) is 2.95. The van der Waals surface area contributed by atoms with Crippen molar-refractivity contribution in [3.8, 4) is 0 Å². The first kappa shape index (κ1) is 13.6. The number of hydrogen-bond acceptors (Lipinski definition) is 2. The second-order valence-corrected chi connectivity index (χ2v) is 5.48. The highest BCUT2D eigenvalue weighted by Crippen LogP contribution is 2.37. The smallest absolute Gasteiger partial charge is 0.270 e. The van der Waals surface area contributed by atoms with Gasteiger partial charge in [-0.2, -0.15) is 0 Å². The molecule has 1 saturated carbocycles. The molecule has 5 heteroatoms. The van der Waals surface area contributed by atoms with E-state index in [4.69, 9.17) is 4.74 Å². The number of carbonyl (C=O) groups excluding carboxylic acids is 1. The van der Waals surface area contributed by atoms with Crippen molar-refractivity contribution < 1.29 is 9.53 Å². The highest BCUT2D eigenvalue weighted by molar-refractivity contribution is 9.10. The summed E-state index contributed by atoms with van der Waals surface area (Å²) < 4.78 is 8.12. The fraction of sp³-hybridized carbons (Fsp3) is 0.615. The zero-order valence-electron chi connectivity index (χ0n) is 10.9. The molecule has 0 spiro atoms. The molecule has 0 atom stereocenters. The molecule has 0 saturated heterocycles. The van der Waals surface area contributed by atoms with Gasteiger partial charge in [-0.25, -0.2) is 0 Å². The Morgan fingerprint density at radius 2 is 2.33 bits per heavy atom. The molecule has 1 aromatic rings. The number of methoxy groups -OCH3 is 1. The Labute approximate surface area is 116 Å². The summed E-state index contributed by atoms with van der Waals surface area (Å²) in [5, 5.41) is 0. The van der Waals surface area contributed by atoms with Crippen molar-refractivity contribution in [1.82, 2.24) is 9.47 Å². The van der Waals surface area contributed by atoms with Gasteiger partial charge in [-0.15, -0.1) is 0 Å². The first-order valence-corrected chi connectivity index (χ1v) is 7.12. The maximum Gasteiger partial charge on any atom is 0.270 e. The zero-order valence-corrected chi connectivity index (χ0v) is 12.4. The molecule has 100 valence electrons. The summed E-state index contributed by atoms with van der Waals surface area (Å²) >= 11 is 3.45. The largest absolute Gasteiger partial charge is 0.383 e. The van der Waals surface area contributed by atoms with Crippen LogP contribution in [0, 0.1) is 0 Å². The van der Waals surface area contributed by atoms with Crippen molar-refractivity contribution in [3.05, 3.63) is 22.4 Å². The van der Waals surface area contributed by atoms with Crippen molar-refractivity contribution in [2.24, 2.45) is 0 Å². The molecule has 18 heavy (non-hydrogen) atoms. The number of halogens is 1. The third-order valence-corrected chi connectivity index (χ3v) is 3.64.